The maximum atomic E-state index is 8.90. The van der Waals surface area contributed by atoms with Crippen molar-refractivity contribution in [2.45, 2.75) is 19.3 Å². The number of nitriles is 1. The number of nitrogens with zero attached hydrogens (tertiary/aromatic N) is 2. The lowest BCUT2D eigenvalue weighted by Crippen LogP contribution is -2.23. The molecule has 0 aliphatic heterocycles. The number of rotatable bonds is 4. The molecule has 0 aromatic carbocycles. The molecule has 1 fully saturated rings. The van der Waals surface area contributed by atoms with E-state index in [2.05, 4.69) is 4.98 Å². The summed E-state index contributed by atoms with van der Waals surface area (Å²) in [5.74, 6) is 1.67. The molecular weight excluding hydrogens is 214 g/mol. The van der Waals surface area contributed by atoms with Gasteiger partial charge in [-0.1, -0.05) is 6.42 Å². The van der Waals surface area contributed by atoms with E-state index in [0.29, 0.717) is 29.9 Å². The summed E-state index contributed by atoms with van der Waals surface area (Å²) in [5.41, 5.74) is 6.09. The first-order valence-corrected chi connectivity index (χ1v) is 6.03. The van der Waals surface area contributed by atoms with Crippen LogP contribution in [-0.2, 0) is 0 Å². The Morgan fingerprint density at radius 2 is 2.29 bits per heavy atom. The van der Waals surface area contributed by atoms with Crippen molar-refractivity contribution in [2.75, 3.05) is 13.2 Å². The standard InChI is InChI=1S/C13H17N3O/c14-7-10-3-1-4-11(10)9-17-13-5-2-6-16-12(13)8-15/h2,5-6,10-11H,1,3-4,7,9,14H2. The van der Waals surface area contributed by atoms with Crippen LogP contribution in [0.25, 0.3) is 0 Å². The number of nitrogens with two attached hydrogens (primary N) is 1. The van der Waals surface area contributed by atoms with E-state index in [-0.39, 0.29) is 0 Å². The van der Waals surface area contributed by atoms with Crippen LogP contribution in [0, 0.1) is 23.2 Å². The molecule has 1 aromatic heterocycles. The van der Waals surface area contributed by atoms with Gasteiger partial charge in [-0.3, -0.25) is 0 Å². The molecule has 0 bridgehead atoms. The first kappa shape index (κ1) is 11.9. The molecule has 1 aromatic rings. The highest BCUT2D eigenvalue weighted by molar-refractivity contribution is 5.36. The minimum absolute atomic E-state index is 0.356. The van der Waals surface area contributed by atoms with E-state index in [0.717, 1.165) is 6.54 Å². The first-order chi connectivity index (χ1) is 8.35. The average molecular weight is 231 g/mol. The van der Waals surface area contributed by atoms with Crippen molar-refractivity contribution in [3.05, 3.63) is 24.0 Å². The minimum Gasteiger partial charge on any atom is -0.490 e. The van der Waals surface area contributed by atoms with Crippen LogP contribution in [-0.4, -0.2) is 18.1 Å². The molecule has 4 nitrogen and oxygen atoms in total. The monoisotopic (exact) mass is 231 g/mol. The molecule has 17 heavy (non-hydrogen) atoms. The van der Waals surface area contributed by atoms with Gasteiger partial charge in [0.05, 0.1) is 6.61 Å². The third-order valence-corrected chi connectivity index (χ3v) is 3.45. The Labute approximate surface area is 101 Å². The van der Waals surface area contributed by atoms with Gasteiger partial charge >= 0.3 is 0 Å². The second-order valence-corrected chi connectivity index (χ2v) is 4.46. The van der Waals surface area contributed by atoms with Crippen LogP contribution in [0.5, 0.6) is 5.75 Å². The molecule has 1 heterocycles. The molecule has 2 N–H and O–H groups in total. The molecule has 0 saturated heterocycles. The van der Waals surface area contributed by atoms with Crippen molar-refractivity contribution in [3.63, 3.8) is 0 Å². The summed E-state index contributed by atoms with van der Waals surface area (Å²) in [5, 5.41) is 8.90. The summed E-state index contributed by atoms with van der Waals surface area (Å²) >= 11 is 0. The van der Waals surface area contributed by atoms with Gasteiger partial charge < -0.3 is 10.5 Å². The second kappa shape index (κ2) is 5.65. The van der Waals surface area contributed by atoms with Crippen LogP contribution in [0.1, 0.15) is 25.0 Å². The van der Waals surface area contributed by atoms with E-state index in [1.807, 2.05) is 6.07 Å². The summed E-state index contributed by atoms with van der Waals surface area (Å²) in [4.78, 5) is 3.97. The van der Waals surface area contributed by atoms with Gasteiger partial charge in [0.25, 0.3) is 0 Å². The lowest BCUT2D eigenvalue weighted by molar-refractivity contribution is 0.216. The minimum atomic E-state index is 0.356. The van der Waals surface area contributed by atoms with Crippen molar-refractivity contribution >= 4 is 0 Å². The van der Waals surface area contributed by atoms with E-state index in [1.54, 1.807) is 18.3 Å². The molecule has 0 spiro atoms. The smallest absolute Gasteiger partial charge is 0.182 e. The van der Waals surface area contributed by atoms with E-state index in [9.17, 15) is 0 Å². The summed E-state index contributed by atoms with van der Waals surface area (Å²) in [6.07, 6.45) is 5.20. The summed E-state index contributed by atoms with van der Waals surface area (Å²) in [7, 11) is 0. The van der Waals surface area contributed by atoms with Crippen molar-refractivity contribution in [3.8, 4) is 11.8 Å². The summed E-state index contributed by atoms with van der Waals surface area (Å²) < 4.78 is 5.70. The third-order valence-electron chi connectivity index (χ3n) is 3.45. The van der Waals surface area contributed by atoms with Crippen LogP contribution in [0.4, 0.5) is 0 Å². The Bertz CT molecular complexity index is 413. The number of hydrogen-bond acceptors (Lipinski definition) is 4. The largest absolute Gasteiger partial charge is 0.490 e. The number of ether oxygens (including phenoxy) is 1. The van der Waals surface area contributed by atoms with Crippen LogP contribution in [0.3, 0.4) is 0 Å². The molecule has 1 saturated carbocycles. The van der Waals surface area contributed by atoms with Crippen LogP contribution < -0.4 is 10.5 Å². The van der Waals surface area contributed by atoms with Gasteiger partial charge in [0.15, 0.2) is 11.4 Å². The quantitative estimate of drug-likeness (QED) is 0.856. The first-order valence-electron chi connectivity index (χ1n) is 6.03. The molecule has 0 amide bonds. The molecule has 2 rings (SSSR count). The maximum absolute atomic E-state index is 8.90. The molecule has 1 aliphatic carbocycles. The van der Waals surface area contributed by atoms with Gasteiger partial charge in [-0.15, -0.1) is 0 Å². The highest BCUT2D eigenvalue weighted by atomic mass is 16.5. The summed E-state index contributed by atoms with van der Waals surface area (Å²) in [6, 6.07) is 5.61. The Kier molecular flexibility index (Phi) is 3.94. The Morgan fingerprint density at radius 3 is 3.06 bits per heavy atom. The molecule has 90 valence electrons. The topological polar surface area (TPSA) is 71.9 Å². The second-order valence-electron chi connectivity index (χ2n) is 4.46. The highest BCUT2D eigenvalue weighted by Crippen LogP contribution is 2.31. The van der Waals surface area contributed by atoms with E-state index < -0.39 is 0 Å². The Balaban J connectivity index is 1.96. The molecule has 2 unspecified atom stereocenters. The van der Waals surface area contributed by atoms with E-state index in [4.69, 9.17) is 15.7 Å². The van der Waals surface area contributed by atoms with Gasteiger partial charge in [-0.2, -0.15) is 5.26 Å². The van der Waals surface area contributed by atoms with Gasteiger partial charge in [0.1, 0.15) is 6.07 Å². The molecular formula is C13H17N3O. The van der Waals surface area contributed by atoms with E-state index >= 15 is 0 Å². The summed E-state index contributed by atoms with van der Waals surface area (Å²) in [6.45, 7) is 1.37. The van der Waals surface area contributed by atoms with Crippen LogP contribution >= 0.6 is 0 Å². The lowest BCUT2D eigenvalue weighted by Gasteiger charge is -2.18. The van der Waals surface area contributed by atoms with Gasteiger partial charge in [0.2, 0.25) is 0 Å². The van der Waals surface area contributed by atoms with Gasteiger partial charge in [-0.25, -0.2) is 4.98 Å². The zero-order valence-corrected chi connectivity index (χ0v) is 9.80. The van der Waals surface area contributed by atoms with Crippen molar-refractivity contribution in [1.82, 2.24) is 4.98 Å². The predicted molar refractivity (Wildman–Crippen MR) is 64.3 cm³/mol. The van der Waals surface area contributed by atoms with Gasteiger partial charge in [-0.05, 0) is 43.4 Å². The highest BCUT2D eigenvalue weighted by Gasteiger charge is 2.26. The van der Waals surface area contributed by atoms with Crippen LogP contribution in [0.15, 0.2) is 18.3 Å². The van der Waals surface area contributed by atoms with Gasteiger partial charge in [0, 0.05) is 6.20 Å². The normalized spacial score (nSPS) is 23.3. The van der Waals surface area contributed by atoms with Crippen molar-refractivity contribution < 1.29 is 4.74 Å². The third kappa shape index (κ3) is 2.75. The number of pyridine rings is 1. The maximum Gasteiger partial charge on any atom is 0.182 e. The Morgan fingerprint density at radius 1 is 1.47 bits per heavy atom. The van der Waals surface area contributed by atoms with Crippen molar-refractivity contribution in [1.29, 1.82) is 5.26 Å². The zero-order valence-electron chi connectivity index (χ0n) is 9.80. The SMILES string of the molecule is N#Cc1ncccc1OCC1CCCC1CN. The molecule has 2 atom stereocenters. The fraction of sp³-hybridized carbons (Fsp3) is 0.538. The number of aromatic nitrogens is 1. The lowest BCUT2D eigenvalue weighted by atomic mass is 9.97. The van der Waals surface area contributed by atoms with Crippen LogP contribution in [0.2, 0.25) is 0 Å². The molecule has 4 heteroatoms. The van der Waals surface area contributed by atoms with E-state index in [1.165, 1.54) is 19.3 Å². The Hall–Kier alpha value is -1.60. The van der Waals surface area contributed by atoms with Crippen molar-refractivity contribution in [2.24, 2.45) is 17.6 Å². The fourth-order valence-corrected chi connectivity index (χ4v) is 2.43. The molecule has 1 aliphatic rings. The predicted octanol–water partition coefficient (Wildman–Crippen LogP) is 1.71. The fourth-order valence-electron chi connectivity index (χ4n) is 2.43. The molecule has 0 radical (unpaired) electrons. The number of hydrogen-bond donors (Lipinski definition) is 1. The average Bonchev–Trinajstić information content (AvgIpc) is 2.84. The zero-order chi connectivity index (χ0) is 12.1.